The molecular formula is C14H17N5OS. The van der Waals surface area contributed by atoms with Crippen molar-refractivity contribution in [2.24, 2.45) is 0 Å². The molecule has 0 spiro atoms. The highest BCUT2D eigenvalue weighted by molar-refractivity contribution is 7.99. The van der Waals surface area contributed by atoms with Gasteiger partial charge in [-0.2, -0.15) is 0 Å². The van der Waals surface area contributed by atoms with E-state index in [1.54, 1.807) is 24.0 Å². The number of carbonyl (C=O) groups excluding carboxylic acids is 1. The van der Waals surface area contributed by atoms with Crippen LogP contribution in [-0.2, 0) is 13.1 Å². The zero-order valence-corrected chi connectivity index (χ0v) is 12.9. The Morgan fingerprint density at radius 1 is 1.48 bits per heavy atom. The molecule has 0 fully saturated rings. The lowest BCUT2D eigenvalue weighted by Crippen LogP contribution is -2.23. The van der Waals surface area contributed by atoms with Crippen LogP contribution >= 0.6 is 11.8 Å². The molecule has 0 saturated carbocycles. The molecule has 0 saturated heterocycles. The molecule has 0 aliphatic carbocycles. The summed E-state index contributed by atoms with van der Waals surface area (Å²) in [5, 5.41) is 3.91. The Labute approximate surface area is 127 Å². The molecule has 0 unspecified atom stereocenters. The fourth-order valence-electron chi connectivity index (χ4n) is 2.10. The van der Waals surface area contributed by atoms with Gasteiger partial charge in [0.25, 0.3) is 5.91 Å². The van der Waals surface area contributed by atoms with Crippen LogP contribution < -0.4 is 10.2 Å². The second kappa shape index (κ2) is 5.77. The third-order valence-electron chi connectivity index (χ3n) is 3.25. The summed E-state index contributed by atoms with van der Waals surface area (Å²) in [5.41, 5.74) is 1.45. The molecule has 1 N–H and O–H groups in total. The number of amides is 1. The number of aromatic nitrogens is 3. The van der Waals surface area contributed by atoms with Crippen molar-refractivity contribution >= 4 is 23.5 Å². The normalized spacial score (nSPS) is 13.0. The summed E-state index contributed by atoms with van der Waals surface area (Å²) in [7, 11) is 3.83. The number of nitrogens with zero attached hydrogens (tertiary/aromatic N) is 4. The van der Waals surface area contributed by atoms with E-state index in [-0.39, 0.29) is 5.91 Å². The number of hydrogen-bond acceptors (Lipinski definition) is 5. The van der Waals surface area contributed by atoms with Crippen molar-refractivity contribution in [1.82, 2.24) is 19.9 Å². The Bertz CT molecular complexity index is 628. The summed E-state index contributed by atoms with van der Waals surface area (Å²) in [6, 6.07) is 3.61. The largest absolute Gasteiger partial charge is 0.363 e. The molecule has 0 bridgehead atoms. The van der Waals surface area contributed by atoms with Gasteiger partial charge >= 0.3 is 0 Å². The van der Waals surface area contributed by atoms with Crippen LogP contribution in [0, 0.1) is 0 Å². The zero-order valence-electron chi connectivity index (χ0n) is 12.0. The zero-order chi connectivity index (χ0) is 14.8. The van der Waals surface area contributed by atoms with Crippen LogP contribution in [0.25, 0.3) is 0 Å². The molecule has 2 aromatic rings. The molecule has 6 nitrogen and oxygen atoms in total. The minimum Gasteiger partial charge on any atom is -0.363 e. The van der Waals surface area contributed by atoms with E-state index in [4.69, 9.17) is 0 Å². The first-order valence-corrected chi connectivity index (χ1v) is 7.72. The van der Waals surface area contributed by atoms with Crippen molar-refractivity contribution in [3.8, 4) is 0 Å². The van der Waals surface area contributed by atoms with Crippen LogP contribution in [0.5, 0.6) is 0 Å². The predicted octanol–water partition coefficient (Wildman–Crippen LogP) is 1.38. The summed E-state index contributed by atoms with van der Waals surface area (Å²) in [5.74, 6) is 1.78. The molecule has 3 rings (SSSR count). The van der Waals surface area contributed by atoms with Gasteiger partial charge in [0.15, 0.2) is 5.16 Å². The summed E-state index contributed by atoms with van der Waals surface area (Å²) in [4.78, 5) is 22.7. The topological polar surface area (TPSA) is 63.1 Å². The number of fused-ring (bicyclic) bond motifs is 1. The number of imidazole rings is 1. The highest BCUT2D eigenvalue weighted by atomic mass is 32.2. The Morgan fingerprint density at radius 3 is 3.00 bits per heavy atom. The Morgan fingerprint density at radius 2 is 2.33 bits per heavy atom. The van der Waals surface area contributed by atoms with Crippen molar-refractivity contribution in [1.29, 1.82) is 0 Å². The van der Waals surface area contributed by atoms with Gasteiger partial charge in [-0.25, -0.2) is 9.97 Å². The number of anilines is 1. The number of aryl methyl sites for hydroxylation is 1. The first kappa shape index (κ1) is 13.9. The maximum absolute atomic E-state index is 12.1. The fourth-order valence-corrected chi connectivity index (χ4v) is 3.07. The first-order valence-electron chi connectivity index (χ1n) is 6.74. The number of hydrogen-bond donors (Lipinski definition) is 1. The van der Waals surface area contributed by atoms with Crippen LogP contribution in [0.2, 0.25) is 0 Å². The van der Waals surface area contributed by atoms with Crippen molar-refractivity contribution in [2.75, 3.05) is 24.7 Å². The quantitative estimate of drug-likeness (QED) is 0.924. The van der Waals surface area contributed by atoms with Crippen LogP contribution in [-0.4, -0.2) is 40.3 Å². The molecule has 0 aromatic carbocycles. The maximum Gasteiger partial charge on any atom is 0.253 e. The van der Waals surface area contributed by atoms with E-state index < -0.39 is 0 Å². The number of carbonyl (C=O) groups is 1. The van der Waals surface area contributed by atoms with Gasteiger partial charge < -0.3 is 14.8 Å². The summed E-state index contributed by atoms with van der Waals surface area (Å²) >= 11 is 1.75. The van der Waals surface area contributed by atoms with Gasteiger partial charge in [-0.1, -0.05) is 11.8 Å². The average Bonchev–Trinajstić information content (AvgIpc) is 3.06. The van der Waals surface area contributed by atoms with Gasteiger partial charge in [-0.05, 0) is 12.1 Å². The van der Waals surface area contributed by atoms with Crippen molar-refractivity contribution in [3.05, 3.63) is 35.8 Å². The molecule has 1 amide bonds. The molecular weight excluding hydrogens is 286 g/mol. The van der Waals surface area contributed by atoms with Crippen molar-refractivity contribution < 1.29 is 4.79 Å². The molecule has 2 aromatic heterocycles. The lowest BCUT2D eigenvalue weighted by Gasteiger charge is -2.11. The van der Waals surface area contributed by atoms with E-state index in [0.29, 0.717) is 12.1 Å². The van der Waals surface area contributed by atoms with Crippen LogP contribution in [0.15, 0.2) is 29.7 Å². The summed E-state index contributed by atoms with van der Waals surface area (Å²) in [6.45, 7) is 1.44. The standard InChI is InChI=1S/C14H17N5OS/c1-18(2)12-4-3-10(7-15-12)13(20)16-8-11-9-19-5-6-21-14(19)17-11/h3-4,7,9H,5-6,8H2,1-2H3,(H,16,20). The van der Waals surface area contributed by atoms with Crippen molar-refractivity contribution in [3.63, 3.8) is 0 Å². The molecule has 7 heteroatoms. The third-order valence-corrected chi connectivity index (χ3v) is 4.22. The Balaban J connectivity index is 1.60. The van der Waals surface area contributed by atoms with Gasteiger partial charge in [-0.15, -0.1) is 0 Å². The molecule has 1 aliphatic heterocycles. The van der Waals surface area contributed by atoms with Gasteiger partial charge in [-0.3, -0.25) is 4.79 Å². The van der Waals surface area contributed by atoms with Crippen LogP contribution in [0.3, 0.4) is 0 Å². The lowest BCUT2D eigenvalue weighted by molar-refractivity contribution is 0.0950. The molecule has 0 atom stereocenters. The van der Waals surface area contributed by atoms with Gasteiger partial charge in [0, 0.05) is 38.8 Å². The highest BCUT2D eigenvalue weighted by Crippen LogP contribution is 2.24. The SMILES string of the molecule is CN(C)c1ccc(C(=O)NCc2cn3c(n2)SCC3)cn1. The smallest absolute Gasteiger partial charge is 0.253 e. The predicted molar refractivity (Wildman–Crippen MR) is 82.7 cm³/mol. The highest BCUT2D eigenvalue weighted by Gasteiger charge is 2.15. The second-order valence-electron chi connectivity index (χ2n) is 5.04. The average molecular weight is 303 g/mol. The number of rotatable bonds is 4. The molecule has 0 radical (unpaired) electrons. The maximum atomic E-state index is 12.1. The number of nitrogens with one attached hydrogen (secondary N) is 1. The van der Waals surface area contributed by atoms with Crippen molar-refractivity contribution in [2.45, 2.75) is 18.2 Å². The fraction of sp³-hybridized carbons (Fsp3) is 0.357. The lowest BCUT2D eigenvalue weighted by atomic mass is 10.2. The van der Waals surface area contributed by atoms with E-state index in [1.807, 2.05) is 31.3 Å². The molecule has 3 heterocycles. The summed E-state index contributed by atoms with van der Waals surface area (Å²) < 4.78 is 2.12. The van der Waals surface area contributed by atoms with Crippen LogP contribution in [0.4, 0.5) is 5.82 Å². The van der Waals surface area contributed by atoms with Gasteiger partial charge in [0.1, 0.15) is 5.82 Å². The molecule has 110 valence electrons. The van der Waals surface area contributed by atoms with E-state index >= 15 is 0 Å². The van der Waals surface area contributed by atoms with E-state index in [0.717, 1.165) is 29.0 Å². The van der Waals surface area contributed by atoms with E-state index in [9.17, 15) is 4.79 Å². The minimum atomic E-state index is -0.131. The molecule has 1 aliphatic rings. The number of pyridine rings is 1. The summed E-state index contributed by atoms with van der Waals surface area (Å²) in [6.07, 6.45) is 3.59. The minimum absolute atomic E-state index is 0.131. The van der Waals surface area contributed by atoms with Gasteiger partial charge in [0.05, 0.1) is 17.8 Å². The second-order valence-corrected chi connectivity index (χ2v) is 6.10. The van der Waals surface area contributed by atoms with Crippen LogP contribution in [0.1, 0.15) is 16.1 Å². The monoisotopic (exact) mass is 303 g/mol. The van der Waals surface area contributed by atoms with E-state index in [1.165, 1.54) is 0 Å². The third kappa shape index (κ3) is 3.02. The van der Waals surface area contributed by atoms with Gasteiger partial charge in [0.2, 0.25) is 0 Å². The Kier molecular flexibility index (Phi) is 3.83. The van der Waals surface area contributed by atoms with E-state index in [2.05, 4.69) is 19.9 Å². The first-order chi connectivity index (χ1) is 10.1. The Hall–Kier alpha value is -2.02. The number of thioether (sulfide) groups is 1. The molecule has 21 heavy (non-hydrogen) atoms.